The number of aryl methyl sites for hydroxylation is 2. The van der Waals surface area contributed by atoms with Gasteiger partial charge in [-0.2, -0.15) is 0 Å². The van der Waals surface area contributed by atoms with Gasteiger partial charge in [-0.25, -0.2) is 4.79 Å². The quantitative estimate of drug-likeness (QED) is 0.764. The molecule has 0 atom stereocenters. The van der Waals surface area contributed by atoms with Gasteiger partial charge in [0, 0.05) is 0 Å². The standard InChI is InChI=1S/C13H10O2/c14-13(15)11-7-6-9-5-4-8-2-1-3-10(11)12(8)9/h1-3,6-7H,4-5H2,(H,14,15). The van der Waals surface area contributed by atoms with Crippen LogP contribution in [0.5, 0.6) is 0 Å². The van der Waals surface area contributed by atoms with Crippen LogP contribution in [0.4, 0.5) is 0 Å². The number of carbonyl (C=O) groups is 1. The maximum Gasteiger partial charge on any atom is 0.336 e. The second-order valence-corrected chi connectivity index (χ2v) is 3.92. The highest BCUT2D eigenvalue weighted by Gasteiger charge is 2.17. The van der Waals surface area contributed by atoms with Gasteiger partial charge in [0.05, 0.1) is 5.56 Å². The Kier molecular flexibility index (Phi) is 1.60. The smallest absolute Gasteiger partial charge is 0.336 e. The van der Waals surface area contributed by atoms with Crippen LogP contribution in [0.25, 0.3) is 10.8 Å². The fraction of sp³-hybridized carbons (Fsp3) is 0.154. The van der Waals surface area contributed by atoms with E-state index in [1.165, 1.54) is 11.1 Å². The van der Waals surface area contributed by atoms with Crippen molar-refractivity contribution in [1.82, 2.24) is 0 Å². The highest BCUT2D eigenvalue weighted by atomic mass is 16.4. The molecule has 0 fully saturated rings. The summed E-state index contributed by atoms with van der Waals surface area (Å²) < 4.78 is 0. The first kappa shape index (κ1) is 8.48. The monoisotopic (exact) mass is 198 g/mol. The van der Waals surface area contributed by atoms with Gasteiger partial charge in [-0.3, -0.25) is 0 Å². The molecule has 74 valence electrons. The van der Waals surface area contributed by atoms with E-state index in [-0.39, 0.29) is 0 Å². The van der Waals surface area contributed by atoms with Gasteiger partial charge in [0.1, 0.15) is 0 Å². The molecule has 0 saturated heterocycles. The second kappa shape index (κ2) is 2.83. The summed E-state index contributed by atoms with van der Waals surface area (Å²) in [7, 11) is 0. The van der Waals surface area contributed by atoms with Gasteiger partial charge in [0.15, 0.2) is 0 Å². The summed E-state index contributed by atoms with van der Waals surface area (Å²) in [6, 6.07) is 9.60. The van der Waals surface area contributed by atoms with Gasteiger partial charge < -0.3 is 5.11 Å². The fourth-order valence-electron chi connectivity index (χ4n) is 2.43. The molecule has 1 N–H and O–H groups in total. The molecule has 1 aliphatic rings. The Labute approximate surface area is 87.2 Å². The van der Waals surface area contributed by atoms with E-state index in [0.29, 0.717) is 5.56 Å². The fourth-order valence-corrected chi connectivity index (χ4v) is 2.43. The summed E-state index contributed by atoms with van der Waals surface area (Å²) in [5, 5.41) is 11.1. The van der Waals surface area contributed by atoms with Crippen molar-refractivity contribution in [1.29, 1.82) is 0 Å². The third-order valence-electron chi connectivity index (χ3n) is 3.11. The molecular weight excluding hydrogens is 188 g/mol. The van der Waals surface area contributed by atoms with E-state index < -0.39 is 5.97 Å². The van der Waals surface area contributed by atoms with Crippen molar-refractivity contribution in [2.24, 2.45) is 0 Å². The minimum absolute atomic E-state index is 0.414. The van der Waals surface area contributed by atoms with Crippen LogP contribution in [0.3, 0.4) is 0 Å². The molecule has 0 spiro atoms. The van der Waals surface area contributed by atoms with Crippen LogP contribution in [0.15, 0.2) is 30.3 Å². The number of carboxylic acids is 1. The molecule has 3 rings (SSSR count). The van der Waals surface area contributed by atoms with Gasteiger partial charge in [0.25, 0.3) is 0 Å². The van der Waals surface area contributed by atoms with Crippen molar-refractivity contribution < 1.29 is 9.90 Å². The van der Waals surface area contributed by atoms with Crippen molar-refractivity contribution in [3.8, 4) is 0 Å². The molecule has 2 aromatic rings. The van der Waals surface area contributed by atoms with Crippen LogP contribution in [-0.4, -0.2) is 11.1 Å². The van der Waals surface area contributed by atoms with Gasteiger partial charge in [-0.05, 0) is 40.8 Å². The molecule has 15 heavy (non-hydrogen) atoms. The van der Waals surface area contributed by atoms with Gasteiger partial charge >= 0.3 is 5.97 Å². The van der Waals surface area contributed by atoms with E-state index in [0.717, 1.165) is 23.6 Å². The summed E-state index contributed by atoms with van der Waals surface area (Å²) in [5.41, 5.74) is 2.98. The van der Waals surface area contributed by atoms with E-state index in [2.05, 4.69) is 6.07 Å². The summed E-state index contributed by atoms with van der Waals surface area (Å²) in [5.74, 6) is -0.842. The van der Waals surface area contributed by atoms with Crippen molar-refractivity contribution >= 4 is 16.7 Å². The van der Waals surface area contributed by atoms with Crippen LogP contribution in [0, 0.1) is 0 Å². The molecular formula is C13H10O2. The van der Waals surface area contributed by atoms with Crippen LogP contribution in [0.1, 0.15) is 21.5 Å². The molecule has 0 unspecified atom stereocenters. The third-order valence-corrected chi connectivity index (χ3v) is 3.11. The van der Waals surface area contributed by atoms with E-state index >= 15 is 0 Å². The normalized spacial score (nSPS) is 13.3. The van der Waals surface area contributed by atoms with Crippen molar-refractivity contribution in [2.75, 3.05) is 0 Å². The second-order valence-electron chi connectivity index (χ2n) is 3.92. The lowest BCUT2D eigenvalue weighted by atomic mass is 10.0. The Balaban J connectivity index is 2.48. The molecule has 2 aromatic carbocycles. The first-order chi connectivity index (χ1) is 7.27. The number of hydrogen-bond donors (Lipinski definition) is 1. The lowest BCUT2D eigenvalue weighted by Crippen LogP contribution is -1.97. The Bertz CT molecular complexity index is 560. The van der Waals surface area contributed by atoms with Crippen LogP contribution in [0.2, 0.25) is 0 Å². The number of aromatic carboxylic acids is 1. The van der Waals surface area contributed by atoms with Crippen LogP contribution >= 0.6 is 0 Å². The number of benzene rings is 2. The summed E-state index contributed by atoms with van der Waals surface area (Å²) in [6.07, 6.45) is 2.07. The number of rotatable bonds is 1. The predicted molar refractivity (Wildman–Crippen MR) is 58.3 cm³/mol. The third kappa shape index (κ3) is 1.08. The lowest BCUT2D eigenvalue weighted by molar-refractivity contribution is 0.0699. The van der Waals surface area contributed by atoms with E-state index in [1.807, 2.05) is 18.2 Å². The predicted octanol–water partition coefficient (Wildman–Crippen LogP) is 2.64. The molecule has 2 nitrogen and oxygen atoms in total. The average Bonchev–Trinajstić information content (AvgIpc) is 2.64. The van der Waals surface area contributed by atoms with Gasteiger partial charge in [0.2, 0.25) is 0 Å². The van der Waals surface area contributed by atoms with Crippen molar-refractivity contribution in [3.05, 3.63) is 47.0 Å². The van der Waals surface area contributed by atoms with Crippen LogP contribution in [-0.2, 0) is 12.8 Å². The first-order valence-corrected chi connectivity index (χ1v) is 5.04. The zero-order valence-corrected chi connectivity index (χ0v) is 8.16. The van der Waals surface area contributed by atoms with Crippen molar-refractivity contribution in [2.45, 2.75) is 12.8 Å². The number of hydrogen-bond acceptors (Lipinski definition) is 1. The Morgan fingerprint density at radius 3 is 2.53 bits per heavy atom. The summed E-state index contributed by atoms with van der Waals surface area (Å²) in [4.78, 5) is 11.1. The first-order valence-electron chi connectivity index (χ1n) is 5.04. The molecule has 0 saturated carbocycles. The minimum atomic E-state index is -0.842. The number of carboxylic acid groups (broad SMARTS) is 1. The highest BCUT2D eigenvalue weighted by Crippen LogP contribution is 2.32. The molecule has 0 heterocycles. The van der Waals surface area contributed by atoms with E-state index in [1.54, 1.807) is 6.07 Å². The Hall–Kier alpha value is -1.83. The Morgan fingerprint density at radius 1 is 1.07 bits per heavy atom. The lowest BCUT2D eigenvalue weighted by Gasteiger charge is -2.04. The molecule has 0 bridgehead atoms. The van der Waals surface area contributed by atoms with Gasteiger partial charge in [-0.15, -0.1) is 0 Å². The Morgan fingerprint density at radius 2 is 1.80 bits per heavy atom. The van der Waals surface area contributed by atoms with E-state index in [4.69, 9.17) is 5.11 Å². The highest BCUT2D eigenvalue weighted by molar-refractivity contribution is 6.06. The summed E-state index contributed by atoms with van der Waals surface area (Å²) in [6.45, 7) is 0. The zero-order chi connectivity index (χ0) is 10.4. The maximum atomic E-state index is 11.1. The molecule has 0 amide bonds. The topological polar surface area (TPSA) is 37.3 Å². The minimum Gasteiger partial charge on any atom is -0.478 e. The molecule has 0 radical (unpaired) electrons. The van der Waals surface area contributed by atoms with Gasteiger partial charge in [-0.1, -0.05) is 24.3 Å². The maximum absolute atomic E-state index is 11.1. The summed E-state index contributed by atoms with van der Waals surface area (Å²) >= 11 is 0. The molecule has 0 aromatic heterocycles. The average molecular weight is 198 g/mol. The van der Waals surface area contributed by atoms with Crippen molar-refractivity contribution in [3.63, 3.8) is 0 Å². The SMILES string of the molecule is O=C(O)c1ccc2c3c(cccc13)CC2. The molecule has 1 aliphatic carbocycles. The largest absolute Gasteiger partial charge is 0.478 e. The zero-order valence-electron chi connectivity index (χ0n) is 8.16. The van der Waals surface area contributed by atoms with E-state index in [9.17, 15) is 4.79 Å². The molecule has 0 aliphatic heterocycles. The molecule has 2 heteroatoms. The van der Waals surface area contributed by atoms with Crippen LogP contribution < -0.4 is 0 Å².